The molecule has 0 fully saturated rings. The van der Waals surface area contributed by atoms with E-state index >= 15 is 0 Å². The van der Waals surface area contributed by atoms with E-state index in [-0.39, 0.29) is 67.1 Å². The van der Waals surface area contributed by atoms with Crippen molar-refractivity contribution >= 4 is 56.2 Å². The van der Waals surface area contributed by atoms with Crippen LogP contribution >= 0.6 is 44.8 Å². The Balaban J connectivity index is 1.46. The fourth-order valence-electron chi connectivity index (χ4n) is 3.82. The van der Waals surface area contributed by atoms with Crippen molar-refractivity contribution in [2.75, 3.05) is 0 Å². The first-order chi connectivity index (χ1) is 21.5. The maximum absolute atomic E-state index is 12.9. The van der Waals surface area contributed by atoms with E-state index in [1.165, 1.54) is 24.3 Å². The molecular formula is C28H16Cl2F6N2O6S2. The van der Waals surface area contributed by atoms with Crippen LogP contribution in [-0.2, 0) is 23.9 Å². The van der Waals surface area contributed by atoms with Crippen molar-refractivity contribution in [3.63, 3.8) is 0 Å². The second kappa shape index (κ2) is 14.3. The summed E-state index contributed by atoms with van der Waals surface area (Å²) in [5.74, 6) is -0.0498. The Bertz CT molecular complexity index is 1660. The predicted octanol–water partition coefficient (Wildman–Crippen LogP) is 11.5. The maximum atomic E-state index is 12.9. The molecule has 0 bridgehead atoms. The lowest BCUT2D eigenvalue weighted by molar-refractivity contribution is -0.385. The molecule has 0 atom stereocenters. The highest BCUT2D eigenvalue weighted by atomic mass is 35.5. The highest BCUT2D eigenvalue weighted by Gasteiger charge is 2.32. The minimum Gasteiger partial charge on any atom is -0.456 e. The van der Waals surface area contributed by atoms with Crippen molar-refractivity contribution in [2.24, 2.45) is 0 Å². The molecule has 4 rings (SSSR count). The molecule has 0 saturated carbocycles. The Morgan fingerprint density at radius 2 is 0.978 bits per heavy atom. The first kappa shape index (κ1) is 35.0. The van der Waals surface area contributed by atoms with Gasteiger partial charge >= 0.3 is 12.4 Å². The van der Waals surface area contributed by atoms with Gasteiger partial charge in [0.1, 0.15) is 23.0 Å². The Morgan fingerprint density at radius 1 is 0.609 bits per heavy atom. The van der Waals surface area contributed by atoms with E-state index in [1.54, 1.807) is 0 Å². The van der Waals surface area contributed by atoms with Gasteiger partial charge in [-0.1, -0.05) is 44.8 Å². The molecule has 0 aromatic heterocycles. The highest BCUT2D eigenvalue weighted by Crippen LogP contribution is 2.41. The fraction of sp³-hybridized carbons (Fsp3) is 0.143. The Kier molecular flexibility index (Phi) is 10.9. The third kappa shape index (κ3) is 8.90. The van der Waals surface area contributed by atoms with Gasteiger partial charge in [0.25, 0.3) is 11.4 Å². The molecule has 4 aromatic carbocycles. The lowest BCUT2D eigenvalue weighted by atomic mass is 10.2. The molecule has 242 valence electrons. The lowest BCUT2D eigenvalue weighted by Crippen LogP contribution is -2.04. The summed E-state index contributed by atoms with van der Waals surface area (Å²) < 4.78 is 88.8. The Labute approximate surface area is 273 Å². The number of nitro benzene ring substituents is 2. The van der Waals surface area contributed by atoms with Gasteiger partial charge in [-0.25, -0.2) is 0 Å². The monoisotopic (exact) mass is 724 g/mol. The number of ether oxygens (including phenoxy) is 2. The van der Waals surface area contributed by atoms with Crippen LogP contribution in [-0.4, -0.2) is 9.85 Å². The first-order valence-electron chi connectivity index (χ1n) is 12.4. The molecule has 0 heterocycles. The van der Waals surface area contributed by atoms with E-state index in [1.807, 2.05) is 0 Å². The number of benzene rings is 4. The minimum atomic E-state index is -4.62. The molecule has 46 heavy (non-hydrogen) atoms. The quantitative estimate of drug-likeness (QED) is 0.0495. The average molecular weight is 725 g/mol. The van der Waals surface area contributed by atoms with Crippen LogP contribution in [0.15, 0.2) is 72.8 Å². The summed E-state index contributed by atoms with van der Waals surface area (Å²) in [5.41, 5.74) is -2.13. The van der Waals surface area contributed by atoms with Crippen molar-refractivity contribution in [3.05, 3.63) is 125 Å². The molecule has 0 aliphatic carbocycles. The van der Waals surface area contributed by atoms with Crippen molar-refractivity contribution < 1.29 is 45.7 Å². The second-order valence-corrected chi connectivity index (χ2v) is 12.4. The maximum Gasteiger partial charge on any atom is 0.416 e. The molecule has 0 unspecified atom stereocenters. The van der Waals surface area contributed by atoms with Crippen LogP contribution in [0.2, 0.25) is 10.0 Å². The van der Waals surface area contributed by atoms with Crippen LogP contribution in [0.5, 0.6) is 23.0 Å². The minimum absolute atomic E-state index is 0.0179. The van der Waals surface area contributed by atoms with Crippen molar-refractivity contribution in [1.82, 2.24) is 0 Å². The van der Waals surface area contributed by atoms with Crippen molar-refractivity contribution in [2.45, 2.75) is 23.9 Å². The molecule has 18 heteroatoms. The number of halogens is 8. The third-order valence-corrected chi connectivity index (χ3v) is 8.80. The zero-order valence-electron chi connectivity index (χ0n) is 22.5. The molecule has 0 spiro atoms. The average Bonchev–Trinajstić information content (AvgIpc) is 2.96. The summed E-state index contributed by atoms with van der Waals surface area (Å²) in [5, 5.41) is 22.5. The molecular weight excluding hydrogens is 709 g/mol. The van der Waals surface area contributed by atoms with Gasteiger partial charge in [0.05, 0.1) is 31.0 Å². The predicted molar refractivity (Wildman–Crippen MR) is 162 cm³/mol. The molecule has 0 amide bonds. The number of nitrogens with zero attached hydrogens (tertiary/aromatic N) is 2. The summed E-state index contributed by atoms with van der Waals surface area (Å²) in [6.45, 7) is 0. The van der Waals surface area contributed by atoms with Crippen LogP contribution < -0.4 is 9.47 Å². The van der Waals surface area contributed by atoms with Gasteiger partial charge in [0, 0.05) is 34.8 Å². The largest absolute Gasteiger partial charge is 0.456 e. The fourth-order valence-corrected chi connectivity index (χ4v) is 6.41. The summed E-state index contributed by atoms with van der Waals surface area (Å²) in [6.07, 6.45) is -9.24. The SMILES string of the molecule is O=[N+]([O-])c1ccc(Oc2ccc(C(F)(F)F)cc2Cl)cc1CSSCc1cc(Oc2ccc(C(F)(F)F)cc2Cl)ccc1[N+](=O)[O-]. The number of nitro groups is 2. The molecule has 0 saturated heterocycles. The zero-order valence-corrected chi connectivity index (χ0v) is 25.7. The summed E-state index contributed by atoms with van der Waals surface area (Å²) in [7, 11) is 2.21. The molecule has 0 aliphatic rings. The van der Waals surface area contributed by atoms with E-state index in [0.29, 0.717) is 12.1 Å². The van der Waals surface area contributed by atoms with Gasteiger partial charge in [-0.05, 0) is 60.7 Å². The molecule has 0 aliphatic heterocycles. The summed E-state index contributed by atoms with van der Waals surface area (Å²) in [4.78, 5) is 21.9. The molecule has 0 N–H and O–H groups in total. The van der Waals surface area contributed by atoms with Gasteiger partial charge in [-0.15, -0.1) is 0 Å². The number of hydrogen-bond donors (Lipinski definition) is 0. The smallest absolute Gasteiger partial charge is 0.416 e. The van der Waals surface area contributed by atoms with Crippen LogP contribution in [0.25, 0.3) is 0 Å². The van der Waals surface area contributed by atoms with Crippen LogP contribution in [0, 0.1) is 20.2 Å². The topological polar surface area (TPSA) is 105 Å². The normalized spacial score (nSPS) is 11.7. The second-order valence-electron chi connectivity index (χ2n) is 9.11. The first-order valence-corrected chi connectivity index (χ1v) is 15.7. The molecule has 8 nitrogen and oxygen atoms in total. The van der Waals surface area contributed by atoms with Crippen molar-refractivity contribution in [1.29, 1.82) is 0 Å². The third-order valence-electron chi connectivity index (χ3n) is 5.98. The van der Waals surface area contributed by atoms with E-state index in [4.69, 9.17) is 32.7 Å². The number of rotatable bonds is 11. The van der Waals surface area contributed by atoms with Crippen molar-refractivity contribution in [3.8, 4) is 23.0 Å². The highest BCUT2D eigenvalue weighted by molar-refractivity contribution is 8.76. The Morgan fingerprint density at radius 3 is 1.28 bits per heavy atom. The molecule has 4 aromatic rings. The number of alkyl halides is 6. The van der Waals surface area contributed by atoms with Crippen LogP contribution in [0.3, 0.4) is 0 Å². The standard InChI is InChI=1S/C28H16Cl2F6N2O6S2/c29-21-11-17(27(31,32)33)1-7-25(21)43-19-3-5-23(37(39)40)15(9-19)13-45-46-14-16-10-20(4-6-24(16)38(41)42)44-26-8-2-18(12-22(26)30)28(34,35)36/h1-12H,13-14H2. The van der Waals surface area contributed by atoms with Gasteiger partial charge in [-0.2, -0.15) is 26.3 Å². The summed E-state index contributed by atoms with van der Waals surface area (Å²) >= 11 is 11.9. The Hall–Kier alpha value is -3.86. The number of hydrogen-bond acceptors (Lipinski definition) is 8. The van der Waals surface area contributed by atoms with Crippen LogP contribution in [0.4, 0.5) is 37.7 Å². The van der Waals surface area contributed by atoms with Gasteiger partial charge in [0.15, 0.2) is 0 Å². The van der Waals surface area contributed by atoms with Gasteiger partial charge < -0.3 is 9.47 Å². The van der Waals surface area contributed by atoms with E-state index < -0.39 is 33.3 Å². The van der Waals surface area contributed by atoms with E-state index in [2.05, 4.69) is 0 Å². The lowest BCUT2D eigenvalue weighted by Gasteiger charge is -2.12. The van der Waals surface area contributed by atoms with Gasteiger partial charge in [0.2, 0.25) is 0 Å². The van der Waals surface area contributed by atoms with E-state index in [0.717, 1.165) is 58.0 Å². The van der Waals surface area contributed by atoms with E-state index in [9.17, 15) is 46.6 Å². The molecule has 0 radical (unpaired) electrons. The van der Waals surface area contributed by atoms with Crippen LogP contribution in [0.1, 0.15) is 22.3 Å². The summed E-state index contributed by atoms with van der Waals surface area (Å²) in [6, 6.07) is 12.4. The zero-order chi connectivity index (χ0) is 33.8. The van der Waals surface area contributed by atoms with Gasteiger partial charge in [-0.3, -0.25) is 20.2 Å².